The Morgan fingerprint density at radius 3 is 2.78 bits per heavy atom. The lowest BCUT2D eigenvalue weighted by molar-refractivity contribution is 0.227. The van der Waals surface area contributed by atoms with Crippen LogP contribution in [0.5, 0.6) is 0 Å². The van der Waals surface area contributed by atoms with Crippen molar-refractivity contribution in [1.29, 1.82) is 0 Å². The zero-order valence-corrected chi connectivity index (χ0v) is 12.3. The van der Waals surface area contributed by atoms with E-state index in [1.165, 1.54) is 43.1 Å². The monoisotopic (exact) mass is 264 g/mol. The lowest BCUT2D eigenvalue weighted by Crippen LogP contribution is -2.37. The molecule has 0 saturated carbocycles. The number of hydrogen-bond acceptors (Lipinski definition) is 3. The van der Waals surface area contributed by atoms with Gasteiger partial charge in [0, 0.05) is 29.8 Å². The first-order valence-electron chi connectivity index (χ1n) is 6.82. The molecule has 0 amide bonds. The third-order valence-corrected chi connectivity index (χ3v) is 4.67. The minimum Gasteiger partial charge on any atom is -0.304 e. The second-order valence-corrected chi connectivity index (χ2v) is 6.37. The van der Waals surface area contributed by atoms with Crippen molar-refractivity contribution in [3.63, 3.8) is 0 Å². The number of rotatable bonds is 6. The Morgan fingerprint density at radius 1 is 1.33 bits per heavy atom. The van der Waals surface area contributed by atoms with Crippen molar-refractivity contribution in [3.05, 3.63) is 30.3 Å². The molecule has 0 N–H and O–H groups in total. The third-order valence-electron chi connectivity index (χ3n) is 3.68. The second-order valence-electron chi connectivity index (χ2n) is 5.20. The summed E-state index contributed by atoms with van der Waals surface area (Å²) in [7, 11) is 4.50. The highest BCUT2D eigenvalue weighted by Gasteiger charge is 2.21. The van der Waals surface area contributed by atoms with Gasteiger partial charge >= 0.3 is 0 Å². The van der Waals surface area contributed by atoms with Crippen molar-refractivity contribution in [1.82, 2.24) is 9.80 Å². The van der Waals surface area contributed by atoms with Gasteiger partial charge in [-0.15, -0.1) is 11.8 Å². The molecule has 1 unspecified atom stereocenters. The normalized spacial score (nSPS) is 20.7. The molecule has 3 heteroatoms. The van der Waals surface area contributed by atoms with Gasteiger partial charge in [0.25, 0.3) is 0 Å². The van der Waals surface area contributed by atoms with Crippen LogP contribution in [0.25, 0.3) is 0 Å². The molecule has 1 aromatic rings. The molecular formula is C15H24N2S. The van der Waals surface area contributed by atoms with E-state index in [4.69, 9.17) is 0 Å². The molecule has 1 aromatic carbocycles. The highest BCUT2D eigenvalue weighted by atomic mass is 32.2. The van der Waals surface area contributed by atoms with E-state index >= 15 is 0 Å². The first kappa shape index (κ1) is 13.9. The van der Waals surface area contributed by atoms with Gasteiger partial charge in [-0.1, -0.05) is 18.2 Å². The van der Waals surface area contributed by atoms with Crippen LogP contribution in [0.1, 0.15) is 12.8 Å². The Bertz CT molecular complexity index is 342. The molecule has 2 nitrogen and oxygen atoms in total. The van der Waals surface area contributed by atoms with Gasteiger partial charge in [0.15, 0.2) is 0 Å². The van der Waals surface area contributed by atoms with E-state index in [9.17, 15) is 0 Å². The van der Waals surface area contributed by atoms with Gasteiger partial charge in [-0.2, -0.15) is 0 Å². The highest BCUT2D eigenvalue weighted by Crippen LogP contribution is 2.18. The molecule has 18 heavy (non-hydrogen) atoms. The van der Waals surface area contributed by atoms with E-state index < -0.39 is 0 Å². The van der Waals surface area contributed by atoms with Crippen LogP contribution in [0, 0.1) is 0 Å². The number of likely N-dealkylation sites (N-methyl/N-ethyl adjacent to an activating group) is 2. The Balaban J connectivity index is 1.64. The summed E-state index contributed by atoms with van der Waals surface area (Å²) in [4.78, 5) is 6.35. The molecule has 100 valence electrons. The Morgan fingerprint density at radius 2 is 2.11 bits per heavy atom. The van der Waals surface area contributed by atoms with Crippen LogP contribution < -0.4 is 0 Å². The molecule has 0 bridgehead atoms. The molecule has 1 heterocycles. The van der Waals surface area contributed by atoms with Crippen molar-refractivity contribution in [3.8, 4) is 0 Å². The topological polar surface area (TPSA) is 6.48 Å². The molecule has 0 spiro atoms. The molecule has 0 aliphatic carbocycles. The third kappa shape index (κ3) is 4.30. The van der Waals surface area contributed by atoms with Gasteiger partial charge in [0.1, 0.15) is 0 Å². The summed E-state index contributed by atoms with van der Waals surface area (Å²) < 4.78 is 0. The van der Waals surface area contributed by atoms with E-state index in [-0.39, 0.29) is 0 Å². The van der Waals surface area contributed by atoms with E-state index in [0.717, 1.165) is 6.04 Å². The van der Waals surface area contributed by atoms with Crippen LogP contribution in [0.15, 0.2) is 35.2 Å². The molecular weight excluding hydrogens is 240 g/mol. The SMILES string of the molecule is CN(CCSc1ccccc1)CC1CCCN1C. The number of benzene rings is 1. The standard InChI is InChI=1S/C15H24N2S/c1-16(13-14-7-6-10-17(14)2)11-12-18-15-8-4-3-5-9-15/h3-5,8-9,14H,6-7,10-13H2,1-2H3. The lowest BCUT2D eigenvalue weighted by Gasteiger charge is -2.25. The van der Waals surface area contributed by atoms with Crippen LogP contribution in [0.2, 0.25) is 0 Å². The maximum atomic E-state index is 2.50. The Hall–Kier alpha value is -0.510. The quantitative estimate of drug-likeness (QED) is 0.730. The van der Waals surface area contributed by atoms with Crippen molar-refractivity contribution >= 4 is 11.8 Å². The molecule has 1 fully saturated rings. The van der Waals surface area contributed by atoms with Crippen molar-refractivity contribution in [2.45, 2.75) is 23.8 Å². The minimum atomic E-state index is 0.775. The van der Waals surface area contributed by atoms with Gasteiger partial charge < -0.3 is 9.80 Å². The zero-order valence-electron chi connectivity index (χ0n) is 11.5. The predicted molar refractivity (Wildman–Crippen MR) is 80.3 cm³/mol. The Labute approximate surface area is 115 Å². The van der Waals surface area contributed by atoms with Crippen LogP contribution in [0.3, 0.4) is 0 Å². The number of nitrogens with zero attached hydrogens (tertiary/aromatic N) is 2. The van der Waals surface area contributed by atoms with Gasteiger partial charge in [-0.25, -0.2) is 0 Å². The zero-order chi connectivity index (χ0) is 12.8. The summed E-state index contributed by atoms with van der Waals surface area (Å²) in [5, 5.41) is 0. The van der Waals surface area contributed by atoms with Crippen LogP contribution in [0.4, 0.5) is 0 Å². The smallest absolute Gasteiger partial charge is 0.0220 e. The average molecular weight is 264 g/mol. The first-order chi connectivity index (χ1) is 8.75. The summed E-state index contributed by atoms with van der Waals surface area (Å²) in [6, 6.07) is 11.5. The largest absolute Gasteiger partial charge is 0.304 e. The van der Waals surface area contributed by atoms with Crippen molar-refractivity contribution < 1.29 is 0 Å². The number of likely N-dealkylation sites (tertiary alicyclic amines) is 1. The Kier molecular flexibility index (Phi) is 5.54. The fourth-order valence-electron chi connectivity index (χ4n) is 2.50. The van der Waals surface area contributed by atoms with Crippen molar-refractivity contribution in [2.24, 2.45) is 0 Å². The maximum Gasteiger partial charge on any atom is 0.0220 e. The van der Waals surface area contributed by atoms with Crippen LogP contribution in [-0.4, -0.2) is 55.3 Å². The molecule has 1 saturated heterocycles. The summed E-state index contributed by atoms with van der Waals surface area (Å²) in [5.41, 5.74) is 0. The molecule has 0 aromatic heterocycles. The molecule has 1 aliphatic heterocycles. The summed E-state index contributed by atoms with van der Waals surface area (Å²) in [5.74, 6) is 1.18. The van der Waals surface area contributed by atoms with Crippen LogP contribution in [-0.2, 0) is 0 Å². The minimum absolute atomic E-state index is 0.775. The molecule has 1 aliphatic rings. The fourth-order valence-corrected chi connectivity index (χ4v) is 3.49. The van der Waals surface area contributed by atoms with E-state index in [1.807, 2.05) is 11.8 Å². The van der Waals surface area contributed by atoms with E-state index in [0.29, 0.717) is 0 Å². The van der Waals surface area contributed by atoms with Crippen molar-refractivity contribution in [2.75, 3.05) is 39.5 Å². The van der Waals surface area contributed by atoms with Gasteiger partial charge in [-0.3, -0.25) is 0 Å². The molecule has 0 radical (unpaired) electrons. The van der Waals surface area contributed by atoms with E-state index in [1.54, 1.807) is 0 Å². The predicted octanol–water partition coefficient (Wildman–Crippen LogP) is 2.80. The fraction of sp³-hybridized carbons (Fsp3) is 0.600. The highest BCUT2D eigenvalue weighted by molar-refractivity contribution is 7.99. The summed E-state index contributed by atoms with van der Waals surface area (Å²) in [6.45, 7) is 3.66. The van der Waals surface area contributed by atoms with Gasteiger partial charge in [-0.05, 0) is 45.6 Å². The lowest BCUT2D eigenvalue weighted by atomic mass is 10.2. The average Bonchev–Trinajstić information content (AvgIpc) is 2.76. The number of hydrogen-bond donors (Lipinski definition) is 0. The first-order valence-corrected chi connectivity index (χ1v) is 7.81. The number of thioether (sulfide) groups is 1. The van der Waals surface area contributed by atoms with Gasteiger partial charge in [0.2, 0.25) is 0 Å². The van der Waals surface area contributed by atoms with Crippen LogP contribution >= 0.6 is 11.8 Å². The maximum absolute atomic E-state index is 2.50. The summed E-state index contributed by atoms with van der Waals surface area (Å²) >= 11 is 1.95. The molecule has 2 rings (SSSR count). The molecule has 1 atom stereocenters. The second kappa shape index (κ2) is 7.17. The summed E-state index contributed by atoms with van der Waals surface area (Å²) in [6.07, 6.45) is 2.74. The van der Waals surface area contributed by atoms with Gasteiger partial charge in [0.05, 0.1) is 0 Å². The van der Waals surface area contributed by atoms with E-state index in [2.05, 4.69) is 54.2 Å².